The Bertz CT molecular complexity index is 454. The van der Waals surface area contributed by atoms with Gasteiger partial charge in [-0.15, -0.1) is 0 Å². The van der Waals surface area contributed by atoms with Crippen molar-refractivity contribution in [2.24, 2.45) is 0 Å². The molecule has 0 amide bonds. The third-order valence-electron chi connectivity index (χ3n) is 2.14. The number of anilines is 2. The Morgan fingerprint density at radius 1 is 1.06 bits per heavy atom. The Kier molecular flexibility index (Phi) is 3.10. The molecular formula is C12H14N4. The third kappa shape index (κ3) is 2.53. The van der Waals surface area contributed by atoms with E-state index in [0.717, 1.165) is 11.5 Å². The fourth-order valence-electron chi connectivity index (χ4n) is 1.30. The summed E-state index contributed by atoms with van der Waals surface area (Å²) >= 11 is 0. The molecule has 82 valence electrons. The predicted molar refractivity (Wildman–Crippen MR) is 63.6 cm³/mol. The van der Waals surface area contributed by atoms with E-state index in [1.807, 2.05) is 30.3 Å². The lowest BCUT2D eigenvalue weighted by molar-refractivity contribution is 0.763. The molecular weight excluding hydrogens is 200 g/mol. The van der Waals surface area contributed by atoms with Gasteiger partial charge in [0.2, 0.25) is 5.95 Å². The van der Waals surface area contributed by atoms with Crippen molar-refractivity contribution in [3.63, 3.8) is 0 Å². The van der Waals surface area contributed by atoms with Crippen molar-refractivity contribution in [3.8, 4) is 0 Å². The Morgan fingerprint density at radius 2 is 1.81 bits per heavy atom. The van der Waals surface area contributed by atoms with Crippen molar-refractivity contribution < 1.29 is 0 Å². The molecule has 0 fully saturated rings. The standard InChI is InChI=1S/C12H14N4/c1-9(2)11-13-8-14-12(16-11)15-10-6-4-3-5-7-10/h3-9H,1-2H3,(H,13,14,15,16). The Balaban J connectivity index is 2.19. The van der Waals surface area contributed by atoms with E-state index in [9.17, 15) is 0 Å². The number of para-hydroxylation sites is 1. The van der Waals surface area contributed by atoms with Gasteiger partial charge in [-0.2, -0.15) is 4.98 Å². The molecule has 0 aliphatic heterocycles. The minimum Gasteiger partial charge on any atom is -0.324 e. The van der Waals surface area contributed by atoms with Crippen LogP contribution in [0.5, 0.6) is 0 Å². The van der Waals surface area contributed by atoms with Gasteiger partial charge in [-0.1, -0.05) is 32.0 Å². The number of rotatable bonds is 3. The predicted octanol–water partition coefficient (Wildman–Crippen LogP) is 2.74. The highest BCUT2D eigenvalue weighted by Crippen LogP contribution is 2.13. The van der Waals surface area contributed by atoms with Crippen molar-refractivity contribution in [3.05, 3.63) is 42.5 Å². The zero-order valence-corrected chi connectivity index (χ0v) is 9.38. The number of benzene rings is 1. The number of aromatic nitrogens is 3. The van der Waals surface area contributed by atoms with Gasteiger partial charge in [-0.3, -0.25) is 0 Å². The first-order valence-corrected chi connectivity index (χ1v) is 5.26. The van der Waals surface area contributed by atoms with Crippen LogP contribution in [0.3, 0.4) is 0 Å². The number of nitrogens with one attached hydrogen (secondary N) is 1. The molecule has 4 nitrogen and oxygen atoms in total. The van der Waals surface area contributed by atoms with Crippen LogP contribution in [0.1, 0.15) is 25.6 Å². The summed E-state index contributed by atoms with van der Waals surface area (Å²) in [6.07, 6.45) is 1.54. The second-order valence-corrected chi connectivity index (χ2v) is 3.81. The summed E-state index contributed by atoms with van der Waals surface area (Å²) in [4.78, 5) is 12.5. The minimum absolute atomic E-state index is 0.305. The zero-order chi connectivity index (χ0) is 11.4. The fourth-order valence-corrected chi connectivity index (χ4v) is 1.30. The second kappa shape index (κ2) is 4.70. The van der Waals surface area contributed by atoms with Crippen molar-refractivity contribution in [1.29, 1.82) is 0 Å². The highest BCUT2D eigenvalue weighted by Gasteiger charge is 2.04. The van der Waals surface area contributed by atoms with E-state index < -0.39 is 0 Å². The summed E-state index contributed by atoms with van der Waals surface area (Å²) in [5.41, 5.74) is 0.975. The molecule has 0 aliphatic rings. The smallest absolute Gasteiger partial charge is 0.230 e. The number of nitrogens with zero attached hydrogens (tertiary/aromatic N) is 3. The molecule has 1 heterocycles. The van der Waals surface area contributed by atoms with Gasteiger partial charge in [-0.25, -0.2) is 9.97 Å². The van der Waals surface area contributed by atoms with Crippen LogP contribution in [-0.4, -0.2) is 15.0 Å². The van der Waals surface area contributed by atoms with E-state index in [2.05, 4.69) is 34.1 Å². The molecule has 1 N–H and O–H groups in total. The van der Waals surface area contributed by atoms with Crippen molar-refractivity contribution in [2.45, 2.75) is 19.8 Å². The molecule has 0 atom stereocenters. The third-order valence-corrected chi connectivity index (χ3v) is 2.14. The highest BCUT2D eigenvalue weighted by molar-refractivity contribution is 5.52. The van der Waals surface area contributed by atoms with E-state index in [-0.39, 0.29) is 0 Å². The van der Waals surface area contributed by atoms with E-state index in [4.69, 9.17) is 0 Å². The minimum atomic E-state index is 0.305. The van der Waals surface area contributed by atoms with E-state index in [0.29, 0.717) is 11.9 Å². The molecule has 0 radical (unpaired) electrons. The van der Waals surface area contributed by atoms with Gasteiger partial charge in [0.25, 0.3) is 0 Å². The van der Waals surface area contributed by atoms with Gasteiger partial charge in [-0.05, 0) is 12.1 Å². The molecule has 0 unspecified atom stereocenters. The van der Waals surface area contributed by atoms with Gasteiger partial charge in [0, 0.05) is 11.6 Å². The average molecular weight is 214 g/mol. The molecule has 0 spiro atoms. The Hall–Kier alpha value is -1.97. The Labute approximate surface area is 94.8 Å². The van der Waals surface area contributed by atoms with Crippen LogP contribution in [0.2, 0.25) is 0 Å². The molecule has 1 aromatic carbocycles. The fraction of sp³-hybridized carbons (Fsp3) is 0.250. The summed E-state index contributed by atoms with van der Waals surface area (Å²) in [5.74, 6) is 1.69. The molecule has 0 saturated carbocycles. The van der Waals surface area contributed by atoms with E-state index in [1.54, 1.807) is 0 Å². The molecule has 4 heteroatoms. The van der Waals surface area contributed by atoms with Crippen molar-refractivity contribution in [1.82, 2.24) is 15.0 Å². The van der Waals surface area contributed by atoms with Crippen LogP contribution in [0.15, 0.2) is 36.7 Å². The lowest BCUT2D eigenvalue weighted by Crippen LogP contribution is -2.03. The van der Waals surface area contributed by atoms with Gasteiger partial charge in [0.1, 0.15) is 12.2 Å². The van der Waals surface area contributed by atoms with Crippen LogP contribution >= 0.6 is 0 Å². The van der Waals surface area contributed by atoms with Crippen LogP contribution in [0.4, 0.5) is 11.6 Å². The van der Waals surface area contributed by atoms with Crippen molar-refractivity contribution in [2.75, 3.05) is 5.32 Å². The van der Waals surface area contributed by atoms with Gasteiger partial charge in [0.05, 0.1) is 0 Å². The van der Waals surface area contributed by atoms with E-state index in [1.165, 1.54) is 6.33 Å². The largest absolute Gasteiger partial charge is 0.324 e. The van der Waals surface area contributed by atoms with Crippen LogP contribution in [0, 0.1) is 0 Å². The topological polar surface area (TPSA) is 50.7 Å². The summed E-state index contributed by atoms with van der Waals surface area (Å²) in [7, 11) is 0. The first kappa shape index (κ1) is 10.5. The highest BCUT2D eigenvalue weighted by atomic mass is 15.1. The Morgan fingerprint density at radius 3 is 2.50 bits per heavy atom. The SMILES string of the molecule is CC(C)c1ncnc(Nc2ccccc2)n1. The maximum Gasteiger partial charge on any atom is 0.230 e. The van der Waals surface area contributed by atoms with Gasteiger partial charge >= 0.3 is 0 Å². The average Bonchev–Trinajstić information content (AvgIpc) is 2.30. The second-order valence-electron chi connectivity index (χ2n) is 3.81. The van der Waals surface area contributed by atoms with Crippen LogP contribution in [-0.2, 0) is 0 Å². The summed E-state index contributed by atoms with van der Waals surface area (Å²) in [6, 6.07) is 9.84. The molecule has 0 aliphatic carbocycles. The summed E-state index contributed by atoms with van der Waals surface area (Å²) in [6.45, 7) is 4.11. The zero-order valence-electron chi connectivity index (χ0n) is 9.38. The first-order chi connectivity index (χ1) is 7.75. The quantitative estimate of drug-likeness (QED) is 0.853. The normalized spacial score (nSPS) is 10.4. The first-order valence-electron chi connectivity index (χ1n) is 5.26. The van der Waals surface area contributed by atoms with Gasteiger partial charge < -0.3 is 5.32 Å². The molecule has 2 rings (SSSR count). The van der Waals surface area contributed by atoms with Crippen molar-refractivity contribution >= 4 is 11.6 Å². The van der Waals surface area contributed by atoms with Gasteiger partial charge in [0.15, 0.2) is 0 Å². The molecule has 16 heavy (non-hydrogen) atoms. The number of hydrogen-bond donors (Lipinski definition) is 1. The molecule has 0 saturated heterocycles. The number of hydrogen-bond acceptors (Lipinski definition) is 4. The lowest BCUT2D eigenvalue weighted by Gasteiger charge is -2.06. The maximum absolute atomic E-state index is 4.33. The maximum atomic E-state index is 4.33. The molecule has 1 aromatic heterocycles. The van der Waals surface area contributed by atoms with E-state index >= 15 is 0 Å². The lowest BCUT2D eigenvalue weighted by atomic mass is 10.2. The molecule has 2 aromatic rings. The summed E-state index contributed by atoms with van der Waals surface area (Å²) < 4.78 is 0. The van der Waals surface area contributed by atoms with Crippen LogP contribution < -0.4 is 5.32 Å². The summed E-state index contributed by atoms with van der Waals surface area (Å²) in [5, 5.41) is 3.14. The monoisotopic (exact) mass is 214 g/mol. The molecule has 0 bridgehead atoms. The van der Waals surface area contributed by atoms with Crippen LogP contribution in [0.25, 0.3) is 0 Å².